The highest BCUT2D eigenvalue weighted by molar-refractivity contribution is 5.95. The highest BCUT2D eigenvalue weighted by Crippen LogP contribution is 2.70. The van der Waals surface area contributed by atoms with Gasteiger partial charge in [-0.05, 0) is 42.1 Å². The van der Waals surface area contributed by atoms with Gasteiger partial charge >= 0.3 is 5.97 Å². The van der Waals surface area contributed by atoms with Crippen molar-refractivity contribution >= 4 is 5.97 Å². The highest BCUT2D eigenvalue weighted by atomic mass is 16.5. The van der Waals surface area contributed by atoms with Crippen molar-refractivity contribution in [3.05, 3.63) is 35.1 Å². The van der Waals surface area contributed by atoms with E-state index in [1.165, 1.54) is 12.0 Å². The van der Waals surface area contributed by atoms with Crippen LogP contribution >= 0.6 is 0 Å². The molecule has 1 N–H and O–H groups in total. The van der Waals surface area contributed by atoms with E-state index in [0.717, 1.165) is 12.0 Å². The average Bonchev–Trinajstić information content (AvgIpc) is 3.02. The molecule has 0 spiro atoms. The number of rotatable bonds is 1. The Morgan fingerprint density at radius 2 is 2.39 bits per heavy atom. The lowest BCUT2D eigenvalue weighted by Gasteiger charge is -2.36. The third kappa shape index (κ3) is 1.02. The number of carbonyl (C=O) groups excluding carboxylic acids is 1. The molecule has 4 aliphatic rings. The van der Waals surface area contributed by atoms with Crippen LogP contribution in [0.15, 0.2) is 35.1 Å². The number of fused-ring (bicyclic) bond motifs is 4. The summed E-state index contributed by atoms with van der Waals surface area (Å²) in [5.74, 6) is 2.09. The summed E-state index contributed by atoms with van der Waals surface area (Å²) in [7, 11) is 0. The van der Waals surface area contributed by atoms with Gasteiger partial charge in [0.1, 0.15) is 5.76 Å². The quantitative estimate of drug-likeness (QED) is 0.566. The smallest absolute Gasteiger partial charge is 0.342 e. The third-order valence-electron chi connectivity index (χ3n) is 5.38. The van der Waals surface area contributed by atoms with Crippen molar-refractivity contribution in [1.82, 2.24) is 0 Å². The van der Waals surface area contributed by atoms with E-state index < -0.39 is 0 Å². The number of esters is 1. The van der Waals surface area contributed by atoms with Crippen molar-refractivity contribution in [1.29, 1.82) is 0 Å². The van der Waals surface area contributed by atoms with Gasteiger partial charge in [-0.3, -0.25) is 0 Å². The number of allylic oxidation sites excluding steroid dienone is 3. The first kappa shape index (κ1) is 10.6. The lowest BCUT2D eigenvalue weighted by atomic mass is 9.67. The number of ether oxygens (including phenoxy) is 1. The maximum atomic E-state index is 11.7. The van der Waals surface area contributed by atoms with E-state index in [2.05, 4.69) is 19.6 Å². The first-order valence-electron chi connectivity index (χ1n) is 6.53. The third-order valence-corrected chi connectivity index (χ3v) is 5.38. The first-order valence-corrected chi connectivity index (χ1v) is 6.53. The predicted molar refractivity (Wildman–Crippen MR) is 65.2 cm³/mol. The average molecular weight is 244 g/mol. The van der Waals surface area contributed by atoms with Crippen LogP contribution in [0.4, 0.5) is 0 Å². The summed E-state index contributed by atoms with van der Waals surface area (Å²) in [5, 5.41) is 9.30. The number of hydrogen-bond donors (Lipinski definition) is 1. The molecule has 0 aromatic rings. The molecule has 4 atom stereocenters. The number of hydrogen-bond acceptors (Lipinski definition) is 3. The van der Waals surface area contributed by atoms with Crippen molar-refractivity contribution in [3.8, 4) is 0 Å². The summed E-state index contributed by atoms with van der Waals surface area (Å²) >= 11 is 0. The zero-order valence-electron chi connectivity index (χ0n) is 10.4. The Hall–Kier alpha value is -1.35. The molecule has 1 aliphatic heterocycles. The van der Waals surface area contributed by atoms with Gasteiger partial charge in [-0.25, -0.2) is 4.79 Å². The van der Waals surface area contributed by atoms with E-state index in [0.29, 0.717) is 29.1 Å². The maximum Gasteiger partial charge on any atom is 0.342 e. The van der Waals surface area contributed by atoms with Gasteiger partial charge in [0, 0.05) is 5.57 Å². The molecule has 3 nitrogen and oxygen atoms in total. The molecule has 4 rings (SSSR count). The van der Waals surface area contributed by atoms with Crippen LogP contribution in [0.1, 0.15) is 19.8 Å². The lowest BCUT2D eigenvalue weighted by molar-refractivity contribution is -0.133. The summed E-state index contributed by atoms with van der Waals surface area (Å²) in [6.45, 7) is 6.28. The molecule has 2 fully saturated rings. The Bertz CT molecular complexity index is 554. The molecule has 94 valence electrons. The lowest BCUT2D eigenvalue weighted by Crippen LogP contribution is -2.29. The zero-order chi connectivity index (χ0) is 12.7. The molecule has 1 heterocycles. The second-order valence-corrected chi connectivity index (χ2v) is 6.16. The molecule has 18 heavy (non-hydrogen) atoms. The molecule has 0 bridgehead atoms. The van der Waals surface area contributed by atoms with Crippen LogP contribution in [0, 0.1) is 23.2 Å². The fourth-order valence-electron chi connectivity index (χ4n) is 4.25. The monoisotopic (exact) mass is 244 g/mol. The van der Waals surface area contributed by atoms with E-state index in [1.54, 1.807) is 0 Å². The van der Waals surface area contributed by atoms with E-state index in [9.17, 15) is 9.90 Å². The number of aliphatic hydroxyl groups is 1. The van der Waals surface area contributed by atoms with Crippen molar-refractivity contribution in [2.75, 3.05) is 6.61 Å². The van der Waals surface area contributed by atoms with Crippen molar-refractivity contribution in [2.24, 2.45) is 23.2 Å². The molecule has 0 radical (unpaired) electrons. The molecular formula is C15H16O3. The minimum absolute atomic E-state index is 0.103. The van der Waals surface area contributed by atoms with Crippen LogP contribution in [-0.4, -0.2) is 17.7 Å². The molecule has 3 aliphatic carbocycles. The van der Waals surface area contributed by atoms with E-state index >= 15 is 0 Å². The second-order valence-electron chi connectivity index (χ2n) is 6.16. The normalized spacial score (nSPS) is 44.3. The molecule has 0 saturated heterocycles. The molecule has 3 heteroatoms. The Morgan fingerprint density at radius 3 is 3.11 bits per heavy atom. The first-order chi connectivity index (χ1) is 8.56. The van der Waals surface area contributed by atoms with Gasteiger partial charge in [0.25, 0.3) is 0 Å². The molecule has 0 aromatic heterocycles. The van der Waals surface area contributed by atoms with Gasteiger partial charge in [0.05, 0.1) is 12.2 Å². The van der Waals surface area contributed by atoms with E-state index in [-0.39, 0.29) is 18.0 Å². The van der Waals surface area contributed by atoms with Crippen LogP contribution in [-0.2, 0) is 9.53 Å². The van der Waals surface area contributed by atoms with E-state index in [4.69, 9.17) is 4.74 Å². The standard InChI is InChI=1S/C15H16O3/c1-7-8-3-12(8)15(2)5-13-9(4-11(7)15)10(6-16)14(17)18-13/h5,8,11-12,16H,1,3-4,6H2,2H3/t8-,11-,12-,15+/m0/s1. The Kier molecular flexibility index (Phi) is 1.74. The van der Waals surface area contributed by atoms with Gasteiger partial charge in [-0.2, -0.15) is 0 Å². The number of carbonyl (C=O) groups is 1. The van der Waals surface area contributed by atoms with Crippen LogP contribution in [0.2, 0.25) is 0 Å². The summed E-state index contributed by atoms with van der Waals surface area (Å²) in [6, 6.07) is 0. The highest BCUT2D eigenvalue weighted by Gasteiger charge is 2.63. The fourth-order valence-corrected chi connectivity index (χ4v) is 4.25. The van der Waals surface area contributed by atoms with Crippen LogP contribution in [0.5, 0.6) is 0 Å². The van der Waals surface area contributed by atoms with Crippen molar-refractivity contribution < 1.29 is 14.6 Å². The summed E-state index contributed by atoms with van der Waals surface area (Å²) < 4.78 is 5.30. The molecule has 0 unspecified atom stereocenters. The topological polar surface area (TPSA) is 46.5 Å². The van der Waals surface area contributed by atoms with Gasteiger partial charge in [-0.1, -0.05) is 19.1 Å². The number of aliphatic hydroxyl groups excluding tert-OH is 1. The Balaban J connectivity index is 1.86. The van der Waals surface area contributed by atoms with Crippen LogP contribution in [0.25, 0.3) is 0 Å². The van der Waals surface area contributed by atoms with Gasteiger partial charge in [-0.15, -0.1) is 0 Å². The van der Waals surface area contributed by atoms with Gasteiger partial charge in [0.2, 0.25) is 0 Å². The van der Waals surface area contributed by atoms with E-state index in [1.807, 2.05) is 0 Å². The van der Waals surface area contributed by atoms with Gasteiger partial charge < -0.3 is 9.84 Å². The molecular weight excluding hydrogens is 228 g/mol. The molecule has 2 saturated carbocycles. The van der Waals surface area contributed by atoms with Crippen LogP contribution in [0.3, 0.4) is 0 Å². The van der Waals surface area contributed by atoms with Gasteiger partial charge in [0.15, 0.2) is 0 Å². The zero-order valence-corrected chi connectivity index (χ0v) is 10.4. The minimum atomic E-state index is -0.375. The Morgan fingerprint density at radius 1 is 1.61 bits per heavy atom. The Labute approximate surface area is 106 Å². The molecule has 0 aromatic carbocycles. The maximum absolute atomic E-state index is 11.7. The molecule has 0 amide bonds. The minimum Gasteiger partial charge on any atom is -0.423 e. The summed E-state index contributed by atoms with van der Waals surface area (Å²) in [4.78, 5) is 11.7. The largest absolute Gasteiger partial charge is 0.423 e. The SMILES string of the molecule is C=C1[C@@H]2C[C@@H]2[C@]2(C)C=C3OC(=O)C(CO)=C3C[C@@H]12. The fraction of sp³-hybridized carbons (Fsp3) is 0.533. The summed E-state index contributed by atoms with van der Waals surface area (Å²) in [5.41, 5.74) is 2.79. The van der Waals surface area contributed by atoms with Crippen molar-refractivity contribution in [3.63, 3.8) is 0 Å². The second kappa shape index (κ2) is 2.97. The predicted octanol–water partition coefficient (Wildman–Crippen LogP) is 1.95. The van der Waals surface area contributed by atoms with Crippen LogP contribution < -0.4 is 0 Å². The van der Waals surface area contributed by atoms with Crippen molar-refractivity contribution in [2.45, 2.75) is 19.8 Å². The summed E-state index contributed by atoms with van der Waals surface area (Å²) in [6.07, 6.45) is 4.16.